The molecule has 0 amide bonds. The summed E-state index contributed by atoms with van der Waals surface area (Å²) in [6.07, 6.45) is 1.99. The van der Waals surface area contributed by atoms with Crippen LogP contribution in [0, 0.1) is 10.1 Å². The van der Waals surface area contributed by atoms with Crippen molar-refractivity contribution in [2.24, 2.45) is 0 Å². The van der Waals surface area contributed by atoms with Crippen LogP contribution >= 0.6 is 0 Å². The van der Waals surface area contributed by atoms with E-state index in [1.807, 2.05) is 13.8 Å². The van der Waals surface area contributed by atoms with Gasteiger partial charge in [-0.25, -0.2) is 0 Å². The lowest BCUT2D eigenvalue weighted by atomic mass is 10.0. The Bertz CT molecular complexity index is 357. The van der Waals surface area contributed by atoms with E-state index in [0.717, 1.165) is 12.8 Å². The fourth-order valence-corrected chi connectivity index (χ4v) is 1.61. The van der Waals surface area contributed by atoms with Gasteiger partial charge in [-0.3, -0.25) is 10.1 Å². The second-order valence-corrected chi connectivity index (χ2v) is 4.36. The van der Waals surface area contributed by atoms with E-state index in [-0.39, 0.29) is 11.3 Å². The van der Waals surface area contributed by atoms with Crippen LogP contribution in [0.15, 0.2) is 24.3 Å². The molecule has 0 bridgehead atoms. The van der Waals surface area contributed by atoms with Gasteiger partial charge in [-0.2, -0.15) is 0 Å². The first kappa shape index (κ1) is 12.5. The fraction of sp³-hybridized carbons (Fsp3) is 0.500. The third kappa shape index (κ3) is 3.53. The molecule has 0 radical (unpaired) electrons. The number of non-ortho nitro benzene ring substituents is 1. The third-order valence-electron chi connectivity index (χ3n) is 2.29. The Balaban J connectivity index is 2.72. The molecule has 4 heteroatoms. The molecule has 0 N–H and O–H groups in total. The first-order valence-corrected chi connectivity index (χ1v) is 5.38. The molecule has 1 aromatic carbocycles. The second kappa shape index (κ2) is 4.96. The number of nitro groups is 1. The molecule has 0 saturated carbocycles. The Hall–Kier alpha value is -1.58. The molecule has 0 aliphatic carbocycles. The minimum absolute atomic E-state index is 0.0839. The maximum Gasteiger partial charge on any atom is 0.269 e. The van der Waals surface area contributed by atoms with Crippen molar-refractivity contribution in [1.29, 1.82) is 0 Å². The van der Waals surface area contributed by atoms with Crippen LogP contribution in [0.1, 0.15) is 33.6 Å². The average molecular weight is 223 g/mol. The van der Waals surface area contributed by atoms with Crippen LogP contribution in [-0.2, 0) is 0 Å². The van der Waals surface area contributed by atoms with Gasteiger partial charge in [0.05, 0.1) is 4.92 Å². The topological polar surface area (TPSA) is 52.4 Å². The largest absolute Gasteiger partial charge is 0.488 e. The molecule has 1 aromatic rings. The summed E-state index contributed by atoms with van der Waals surface area (Å²) in [4.78, 5) is 10.0. The minimum atomic E-state index is -0.416. The average Bonchev–Trinajstić information content (AvgIpc) is 2.17. The van der Waals surface area contributed by atoms with Gasteiger partial charge in [-0.05, 0) is 32.4 Å². The Kier molecular flexibility index (Phi) is 3.88. The SMILES string of the molecule is CCCC(C)(C)Oc1ccc([N+](=O)[O-])cc1. The van der Waals surface area contributed by atoms with Crippen LogP contribution in [0.2, 0.25) is 0 Å². The van der Waals surface area contributed by atoms with E-state index < -0.39 is 4.92 Å². The Morgan fingerprint density at radius 2 is 1.88 bits per heavy atom. The van der Waals surface area contributed by atoms with Crippen molar-refractivity contribution < 1.29 is 9.66 Å². The molecule has 0 saturated heterocycles. The van der Waals surface area contributed by atoms with E-state index >= 15 is 0 Å². The summed E-state index contributed by atoms with van der Waals surface area (Å²) in [5.41, 5.74) is -0.147. The predicted octanol–water partition coefficient (Wildman–Crippen LogP) is 3.55. The second-order valence-electron chi connectivity index (χ2n) is 4.36. The third-order valence-corrected chi connectivity index (χ3v) is 2.29. The van der Waals surface area contributed by atoms with Gasteiger partial charge in [-0.15, -0.1) is 0 Å². The van der Waals surface area contributed by atoms with Gasteiger partial charge in [0.1, 0.15) is 11.4 Å². The van der Waals surface area contributed by atoms with Gasteiger partial charge in [-0.1, -0.05) is 13.3 Å². The van der Waals surface area contributed by atoms with Crippen LogP contribution in [0.3, 0.4) is 0 Å². The van der Waals surface area contributed by atoms with Gasteiger partial charge in [0, 0.05) is 12.1 Å². The number of rotatable bonds is 5. The number of benzene rings is 1. The van der Waals surface area contributed by atoms with Gasteiger partial charge >= 0.3 is 0 Å². The van der Waals surface area contributed by atoms with E-state index in [0.29, 0.717) is 5.75 Å². The summed E-state index contributed by atoms with van der Waals surface area (Å²) in [5, 5.41) is 10.5. The van der Waals surface area contributed by atoms with E-state index in [1.165, 1.54) is 12.1 Å². The molecule has 0 fully saturated rings. The number of nitrogens with zero attached hydrogens (tertiary/aromatic N) is 1. The van der Waals surface area contributed by atoms with Gasteiger partial charge < -0.3 is 4.74 Å². The molecular weight excluding hydrogens is 206 g/mol. The zero-order valence-corrected chi connectivity index (χ0v) is 9.90. The van der Waals surface area contributed by atoms with Crippen molar-refractivity contribution in [2.45, 2.75) is 39.2 Å². The maximum absolute atomic E-state index is 10.5. The molecule has 0 aliphatic rings. The lowest BCUT2D eigenvalue weighted by Crippen LogP contribution is -2.27. The normalized spacial score (nSPS) is 11.2. The van der Waals surface area contributed by atoms with Crippen molar-refractivity contribution >= 4 is 5.69 Å². The van der Waals surface area contributed by atoms with Crippen LogP contribution in [-0.4, -0.2) is 10.5 Å². The first-order valence-electron chi connectivity index (χ1n) is 5.38. The highest BCUT2D eigenvalue weighted by Crippen LogP contribution is 2.24. The summed E-state index contributed by atoms with van der Waals surface area (Å²) < 4.78 is 5.75. The van der Waals surface area contributed by atoms with Crippen molar-refractivity contribution in [3.8, 4) is 5.75 Å². The quantitative estimate of drug-likeness (QED) is 0.566. The molecule has 4 nitrogen and oxygen atoms in total. The lowest BCUT2D eigenvalue weighted by molar-refractivity contribution is -0.384. The molecular formula is C12H17NO3. The summed E-state index contributed by atoms with van der Waals surface area (Å²) in [6, 6.07) is 6.18. The number of ether oxygens (including phenoxy) is 1. The summed E-state index contributed by atoms with van der Waals surface area (Å²) >= 11 is 0. The van der Waals surface area contributed by atoms with Crippen LogP contribution in [0.25, 0.3) is 0 Å². The Morgan fingerprint density at radius 1 is 1.31 bits per heavy atom. The van der Waals surface area contributed by atoms with E-state index in [9.17, 15) is 10.1 Å². The Labute approximate surface area is 95.4 Å². The summed E-state index contributed by atoms with van der Waals surface area (Å²) in [6.45, 7) is 6.12. The van der Waals surface area contributed by atoms with Crippen LogP contribution in [0.5, 0.6) is 5.75 Å². The molecule has 16 heavy (non-hydrogen) atoms. The first-order chi connectivity index (χ1) is 7.44. The number of hydrogen-bond acceptors (Lipinski definition) is 3. The number of nitro benzene ring substituents is 1. The molecule has 0 atom stereocenters. The zero-order valence-electron chi connectivity index (χ0n) is 9.90. The van der Waals surface area contributed by atoms with E-state index in [1.54, 1.807) is 12.1 Å². The van der Waals surface area contributed by atoms with Crippen molar-refractivity contribution in [3.05, 3.63) is 34.4 Å². The van der Waals surface area contributed by atoms with Crippen LogP contribution < -0.4 is 4.74 Å². The lowest BCUT2D eigenvalue weighted by Gasteiger charge is -2.25. The van der Waals surface area contributed by atoms with E-state index in [4.69, 9.17) is 4.74 Å². The summed E-state index contributed by atoms with van der Waals surface area (Å²) in [5.74, 6) is 0.670. The van der Waals surface area contributed by atoms with Gasteiger partial charge in [0.25, 0.3) is 5.69 Å². The molecule has 0 aliphatic heterocycles. The Morgan fingerprint density at radius 3 is 2.31 bits per heavy atom. The summed E-state index contributed by atoms with van der Waals surface area (Å²) in [7, 11) is 0. The standard InChI is InChI=1S/C12H17NO3/c1-4-9-12(2,3)16-11-7-5-10(6-8-11)13(14)15/h5-8H,4,9H2,1-3H3. The highest BCUT2D eigenvalue weighted by Gasteiger charge is 2.18. The van der Waals surface area contributed by atoms with Gasteiger partial charge in [0.2, 0.25) is 0 Å². The van der Waals surface area contributed by atoms with Crippen molar-refractivity contribution in [1.82, 2.24) is 0 Å². The maximum atomic E-state index is 10.5. The number of hydrogen-bond donors (Lipinski definition) is 0. The minimum Gasteiger partial charge on any atom is -0.488 e. The fourth-order valence-electron chi connectivity index (χ4n) is 1.61. The molecule has 1 rings (SSSR count). The zero-order chi connectivity index (χ0) is 12.2. The monoisotopic (exact) mass is 223 g/mol. The molecule has 0 unspecified atom stereocenters. The highest BCUT2D eigenvalue weighted by molar-refractivity contribution is 5.36. The molecule has 0 aromatic heterocycles. The van der Waals surface area contributed by atoms with Crippen molar-refractivity contribution in [3.63, 3.8) is 0 Å². The highest BCUT2D eigenvalue weighted by atomic mass is 16.6. The molecule has 88 valence electrons. The van der Waals surface area contributed by atoms with Gasteiger partial charge in [0.15, 0.2) is 0 Å². The van der Waals surface area contributed by atoms with E-state index in [2.05, 4.69) is 6.92 Å². The predicted molar refractivity (Wildman–Crippen MR) is 62.7 cm³/mol. The van der Waals surface area contributed by atoms with Crippen molar-refractivity contribution in [2.75, 3.05) is 0 Å². The molecule has 0 heterocycles. The van der Waals surface area contributed by atoms with Crippen LogP contribution in [0.4, 0.5) is 5.69 Å². The molecule has 0 spiro atoms. The smallest absolute Gasteiger partial charge is 0.269 e.